The summed E-state index contributed by atoms with van der Waals surface area (Å²) in [4.78, 5) is 16.1. The van der Waals surface area contributed by atoms with E-state index in [-0.39, 0.29) is 11.8 Å². The summed E-state index contributed by atoms with van der Waals surface area (Å²) < 4.78 is 12.9. The molecule has 0 N–H and O–H groups in total. The first kappa shape index (κ1) is 10.9. The third-order valence-electron chi connectivity index (χ3n) is 3.59. The second-order valence-electron chi connectivity index (χ2n) is 4.71. The van der Waals surface area contributed by atoms with Crippen molar-refractivity contribution in [1.29, 1.82) is 0 Å². The lowest BCUT2D eigenvalue weighted by Crippen LogP contribution is -2.39. The van der Waals surface area contributed by atoms with Gasteiger partial charge in [0.15, 0.2) is 5.79 Å². The number of rotatable bonds is 1. The van der Waals surface area contributed by atoms with Crippen LogP contribution in [-0.2, 0) is 9.47 Å². The van der Waals surface area contributed by atoms with Crippen molar-refractivity contribution in [2.75, 3.05) is 13.2 Å². The Labute approximate surface area is 99.7 Å². The SMILES string of the molecule is O=C(C1CCCC2(C1)OCCO2)n1ccnc1. The maximum atomic E-state index is 12.2. The summed E-state index contributed by atoms with van der Waals surface area (Å²) >= 11 is 0. The third kappa shape index (κ3) is 2.00. The highest BCUT2D eigenvalue weighted by molar-refractivity contribution is 5.81. The Morgan fingerprint density at radius 2 is 2.24 bits per heavy atom. The Bertz CT molecular complexity index is 396. The molecule has 3 rings (SSSR count). The van der Waals surface area contributed by atoms with E-state index in [4.69, 9.17) is 9.47 Å². The molecule has 2 fully saturated rings. The number of carbonyl (C=O) groups excluding carboxylic acids is 1. The van der Waals surface area contributed by atoms with Crippen LogP contribution >= 0.6 is 0 Å². The molecule has 0 amide bonds. The first-order chi connectivity index (χ1) is 8.29. The van der Waals surface area contributed by atoms with Crippen molar-refractivity contribution in [3.63, 3.8) is 0 Å². The van der Waals surface area contributed by atoms with Gasteiger partial charge in [-0.1, -0.05) is 0 Å². The van der Waals surface area contributed by atoms with Gasteiger partial charge in [-0.25, -0.2) is 4.98 Å². The van der Waals surface area contributed by atoms with Gasteiger partial charge in [-0.05, 0) is 12.8 Å². The first-order valence-corrected chi connectivity index (χ1v) is 6.09. The summed E-state index contributed by atoms with van der Waals surface area (Å²) in [6.45, 7) is 1.29. The van der Waals surface area contributed by atoms with Gasteiger partial charge in [0.1, 0.15) is 6.33 Å². The molecule has 1 saturated carbocycles. The zero-order valence-corrected chi connectivity index (χ0v) is 9.67. The van der Waals surface area contributed by atoms with E-state index in [1.807, 2.05) is 0 Å². The Morgan fingerprint density at radius 3 is 2.94 bits per heavy atom. The Kier molecular flexibility index (Phi) is 2.72. The number of hydrogen-bond donors (Lipinski definition) is 0. The van der Waals surface area contributed by atoms with Crippen LogP contribution in [-0.4, -0.2) is 34.5 Å². The summed E-state index contributed by atoms with van der Waals surface area (Å²) in [5.74, 6) is -0.407. The second-order valence-corrected chi connectivity index (χ2v) is 4.71. The van der Waals surface area contributed by atoms with Gasteiger partial charge < -0.3 is 9.47 Å². The number of carbonyl (C=O) groups is 1. The van der Waals surface area contributed by atoms with Crippen LogP contribution in [0.3, 0.4) is 0 Å². The minimum Gasteiger partial charge on any atom is -0.348 e. The minimum atomic E-state index is -0.487. The average Bonchev–Trinajstić information content (AvgIpc) is 3.00. The molecule has 92 valence electrons. The summed E-state index contributed by atoms with van der Waals surface area (Å²) in [7, 11) is 0. The van der Waals surface area contributed by atoms with Crippen LogP contribution in [0.4, 0.5) is 0 Å². The van der Waals surface area contributed by atoms with Crippen LogP contribution in [0.25, 0.3) is 0 Å². The smallest absolute Gasteiger partial charge is 0.235 e. The molecule has 5 heteroatoms. The van der Waals surface area contributed by atoms with E-state index < -0.39 is 5.79 Å². The lowest BCUT2D eigenvalue weighted by Gasteiger charge is -2.35. The van der Waals surface area contributed by atoms with E-state index in [1.165, 1.54) is 0 Å². The molecule has 1 spiro atoms. The second kappa shape index (κ2) is 4.23. The number of ether oxygens (including phenoxy) is 2. The Morgan fingerprint density at radius 1 is 1.41 bits per heavy atom. The van der Waals surface area contributed by atoms with Crippen molar-refractivity contribution >= 4 is 5.91 Å². The highest BCUT2D eigenvalue weighted by atomic mass is 16.7. The standard InChI is InChI=1S/C12H16N2O3/c15-11(14-5-4-13-9-14)10-2-1-3-12(8-10)16-6-7-17-12/h4-5,9-10H,1-3,6-8H2. The van der Waals surface area contributed by atoms with E-state index in [1.54, 1.807) is 23.3 Å². The van der Waals surface area contributed by atoms with Crippen molar-refractivity contribution in [2.24, 2.45) is 5.92 Å². The number of nitrogens with zero attached hydrogens (tertiary/aromatic N) is 2. The molecular formula is C12H16N2O3. The van der Waals surface area contributed by atoms with E-state index in [2.05, 4.69) is 4.98 Å². The van der Waals surface area contributed by atoms with Gasteiger partial charge in [0.25, 0.3) is 0 Å². The molecule has 0 aromatic carbocycles. The van der Waals surface area contributed by atoms with Crippen molar-refractivity contribution in [1.82, 2.24) is 9.55 Å². The van der Waals surface area contributed by atoms with Gasteiger partial charge in [-0.2, -0.15) is 0 Å². The van der Waals surface area contributed by atoms with Gasteiger partial charge in [0.05, 0.1) is 13.2 Å². The van der Waals surface area contributed by atoms with E-state index >= 15 is 0 Å². The van der Waals surface area contributed by atoms with E-state index in [9.17, 15) is 4.79 Å². The van der Waals surface area contributed by atoms with Crippen LogP contribution in [0.5, 0.6) is 0 Å². The molecule has 0 radical (unpaired) electrons. The maximum Gasteiger partial charge on any atom is 0.235 e. The number of aromatic nitrogens is 2. The molecule has 1 aromatic rings. The highest BCUT2D eigenvalue weighted by Gasteiger charge is 2.43. The average molecular weight is 236 g/mol. The van der Waals surface area contributed by atoms with Gasteiger partial charge >= 0.3 is 0 Å². The summed E-state index contributed by atoms with van der Waals surface area (Å²) in [6, 6.07) is 0. The first-order valence-electron chi connectivity index (χ1n) is 6.09. The molecule has 1 aliphatic heterocycles. The van der Waals surface area contributed by atoms with Gasteiger partial charge in [0, 0.05) is 31.2 Å². The Hall–Kier alpha value is -1.20. The quantitative estimate of drug-likeness (QED) is 0.740. The maximum absolute atomic E-state index is 12.2. The van der Waals surface area contributed by atoms with Crippen molar-refractivity contribution in [3.05, 3.63) is 18.7 Å². The largest absolute Gasteiger partial charge is 0.348 e. The molecule has 2 aliphatic rings. The third-order valence-corrected chi connectivity index (χ3v) is 3.59. The molecule has 2 heterocycles. The zero-order valence-electron chi connectivity index (χ0n) is 9.67. The van der Waals surface area contributed by atoms with Crippen molar-refractivity contribution in [3.8, 4) is 0 Å². The van der Waals surface area contributed by atoms with Gasteiger partial charge in [-0.3, -0.25) is 9.36 Å². The molecule has 17 heavy (non-hydrogen) atoms. The topological polar surface area (TPSA) is 53.4 Å². The zero-order chi connectivity index (χ0) is 11.7. The van der Waals surface area contributed by atoms with E-state index in [0.29, 0.717) is 19.6 Å². The molecule has 1 aromatic heterocycles. The molecule has 1 unspecified atom stereocenters. The molecule has 1 aliphatic carbocycles. The normalized spacial score (nSPS) is 27.4. The lowest BCUT2D eigenvalue weighted by molar-refractivity contribution is -0.183. The van der Waals surface area contributed by atoms with Crippen molar-refractivity contribution in [2.45, 2.75) is 31.5 Å². The molecule has 5 nitrogen and oxygen atoms in total. The Balaban J connectivity index is 1.73. The van der Waals surface area contributed by atoms with Crippen molar-refractivity contribution < 1.29 is 14.3 Å². The van der Waals surface area contributed by atoms with Gasteiger partial charge in [0.2, 0.25) is 5.91 Å². The van der Waals surface area contributed by atoms with Crippen LogP contribution < -0.4 is 0 Å². The van der Waals surface area contributed by atoms with Crippen LogP contribution in [0.1, 0.15) is 30.5 Å². The van der Waals surface area contributed by atoms with Crippen LogP contribution in [0.2, 0.25) is 0 Å². The monoisotopic (exact) mass is 236 g/mol. The molecular weight excluding hydrogens is 220 g/mol. The highest BCUT2D eigenvalue weighted by Crippen LogP contribution is 2.39. The number of hydrogen-bond acceptors (Lipinski definition) is 4. The summed E-state index contributed by atoms with van der Waals surface area (Å²) in [5.41, 5.74) is 0. The molecule has 0 bridgehead atoms. The number of imidazole rings is 1. The predicted octanol–water partition coefficient (Wildman–Crippen LogP) is 1.46. The summed E-state index contributed by atoms with van der Waals surface area (Å²) in [5, 5.41) is 0. The molecule has 1 saturated heterocycles. The van der Waals surface area contributed by atoms with Crippen LogP contribution in [0.15, 0.2) is 18.7 Å². The minimum absolute atomic E-state index is 0.0175. The van der Waals surface area contributed by atoms with Crippen LogP contribution in [0, 0.1) is 5.92 Å². The van der Waals surface area contributed by atoms with Gasteiger partial charge in [-0.15, -0.1) is 0 Å². The fourth-order valence-electron chi connectivity index (χ4n) is 2.77. The molecule has 1 atom stereocenters. The fourth-order valence-corrected chi connectivity index (χ4v) is 2.77. The fraction of sp³-hybridized carbons (Fsp3) is 0.667. The predicted molar refractivity (Wildman–Crippen MR) is 59.4 cm³/mol. The lowest BCUT2D eigenvalue weighted by atomic mass is 9.84. The van der Waals surface area contributed by atoms with E-state index in [0.717, 1.165) is 19.3 Å². The summed E-state index contributed by atoms with van der Waals surface area (Å²) in [6.07, 6.45) is 8.33.